The van der Waals surface area contributed by atoms with Crippen molar-refractivity contribution in [3.05, 3.63) is 23.9 Å². The van der Waals surface area contributed by atoms with Crippen molar-refractivity contribution in [3.8, 4) is 5.88 Å². The van der Waals surface area contributed by atoms with Gasteiger partial charge in [0, 0.05) is 11.8 Å². The molecule has 0 unspecified atom stereocenters. The zero-order chi connectivity index (χ0) is 9.80. The van der Waals surface area contributed by atoms with Crippen molar-refractivity contribution in [3.63, 3.8) is 0 Å². The molecule has 1 aliphatic heterocycles. The first kappa shape index (κ1) is 15.5. The van der Waals surface area contributed by atoms with Gasteiger partial charge in [-0.1, -0.05) is 6.07 Å². The summed E-state index contributed by atoms with van der Waals surface area (Å²) in [5.74, 6) is 0.761. The molecule has 1 N–H and O–H groups in total. The lowest BCUT2D eigenvalue weighted by molar-refractivity contribution is 0.155. The molecule has 1 aromatic heterocycles. The zero-order valence-corrected chi connectivity index (χ0v) is 10.9. The molecule has 5 heteroatoms. The highest BCUT2D eigenvalue weighted by Gasteiger charge is 2.14. The van der Waals surface area contributed by atoms with Gasteiger partial charge in [-0.05, 0) is 38.9 Å². The van der Waals surface area contributed by atoms with Crippen LogP contribution >= 0.6 is 24.8 Å². The Labute approximate surface area is 109 Å². The van der Waals surface area contributed by atoms with Gasteiger partial charge in [0.25, 0.3) is 0 Å². The maximum atomic E-state index is 5.78. The molecule has 1 aromatic rings. The van der Waals surface area contributed by atoms with Crippen LogP contribution in [-0.2, 0) is 0 Å². The van der Waals surface area contributed by atoms with Gasteiger partial charge >= 0.3 is 0 Å². The van der Waals surface area contributed by atoms with E-state index in [4.69, 9.17) is 4.74 Å². The van der Waals surface area contributed by atoms with Crippen molar-refractivity contribution in [1.29, 1.82) is 0 Å². The summed E-state index contributed by atoms with van der Waals surface area (Å²) in [6, 6.07) is 5.89. The summed E-state index contributed by atoms with van der Waals surface area (Å²) < 4.78 is 5.78. The quantitative estimate of drug-likeness (QED) is 0.891. The highest BCUT2D eigenvalue weighted by Crippen LogP contribution is 2.13. The summed E-state index contributed by atoms with van der Waals surface area (Å²) in [5, 5.41) is 3.31. The van der Waals surface area contributed by atoms with Crippen LogP contribution in [0, 0.1) is 6.92 Å². The first-order chi connectivity index (χ1) is 6.84. The minimum atomic E-state index is 0. The van der Waals surface area contributed by atoms with Gasteiger partial charge in [0.15, 0.2) is 0 Å². The Balaban J connectivity index is 0.00000112. The fraction of sp³-hybridized carbons (Fsp3) is 0.545. The molecular weight excluding hydrogens is 247 g/mol. The molecule has 0 aromatic carbocycles. The highest BCUT2D eigenvalue weighted by atomic mass is 35.5. The predicted octanol–water partition coefficient (Wildman–Crippen LogP) is 2.36. The number of rotatable bonds is 2. The molecule has 3 nitrogen and oxygen atoms in total. The topological polar surface area (TPSA) is 34.1 Å². The van der Waals surface area contributed by atoms with Crippen LogP contribution < -0.4 is 10.1 Å². The monoisotopic (exact) mass is 264 g/mol. The maximum Gasteiger partial charge on any atom is 0.213 e. The third kappa shape index (κ3) is 4.56. The van der Waals surface area contributed by atoms with Gasteiger partial charge in [-0.15, -0.1) is 24.8 Å². The SMILES string of the molecule is Cc1cccc(OC2CCNCC2)n1.Cl.Cl. The molecule has 0 bridgehead atoms. The smallest absolute Gasteiger partial charge is 0.213 e. The molecule has 16 heavy (non-hydrogen) atoms. The summed E-state index contributed by atoms with van der Waals surface area (Å²) in [7, 11) is 0. The summed E-state index contributed by atoms with van der Waals surface area (Å²) >= 11 is 0. The number of aryl methyl sites for hydroxylation is 1. The van der Waals surface area contributed by atoms with Gasteiger partial charge in [-0.25, -0.2) is 4.98 Å². The molecule has 1 saturated heterocycles. The van der Waals surface area contributed by atoms with E-state index in [1.165, 1.54) is 0 Å². The number of nitrogens with zero attached hydrogens (tertiary/aromatic N) is 1. The predicted molar refractivity (Wildman–Crippen MR) is 70.0 cm³/mol. The third-order valence-corrected chi connectivity index (χ3v) is 2.44. The van der Waals surface area contributed by atoms with Crippen molar-refractivity contribution >= 4 is 24.8 Å². The van der Waals surface area contributed by atoms with E-state index in [2.05, 4.69) is 10.3 Å². The van der Waals surface area contributed by atoms with Crippen LogP contribution in [0.3, 0.4) is 0 Å². The van der Waals surface area contributed by atoms with Gasteiger partial charge < -0.3 is 10.1 Å². The molecule has 92 valence electrons. The van der Waals surface area contributed by atoms with Crippen molar-refractivity contribution in [2.75, 3.05) is 13.1 Å². The van der Waals surface area contributed by atoms with Gasteiger partial charge in [0.1, 0.15) is 6.10 Å². The van der Waals surface area contributed by atoms with E-state index in [-0.39, 0.29) is 24.8 Å². The Bertz CT molecular complexity index is 304. The van der Waals surface area contributed by atoms with Gasteiger partial charge in [-0.3, -0.25) is 0 Å². The summed E-state index contributed by atoms with van der Waals surface area (Å²) in [6.07, 6.45) is 2.50. The Morgan fingerprint density at radius 2 is 1.94 bits per heavy atom. The molecule has 0 saturated carbocycles. The minimum Gasteiger partial charge on any atom is -0.474 e. The average molecular weight is 265 g/mol. The van der Waals surface area contributed by atoms with Crippen molar-refractivity contribution in [2.24, 2.45) is 0 Å². The molecular formula is C11H18Cl2N2O. The van der Waals surface area contributed by atoms with Crippen LogP contribution in [0.15, 0.2) is 18.2 Å². The van der Waals surface area contributed by atoms with Gasteiger partial charge in [0.05, 0.1) is 0 Å². The van der Waals surface area contributed by atoms with Gasteiger partial charge in [-0.2, -0.15) is 0 Å². The van der Waals surface area contributed by atoms with E-state index < -0.39 is 0 Å². The van der Waals surface area contributed by atoms with Crippen LogP contribution in [0.1, 0.15) is 18.5 Å². The first-order valence-electron chi connectivity index (χ1n) is 5.15. The van der Waals surface area contributed by atoms with Crippen LogP contribution in [0.4, 0.5) is 0 Å². The second-order valence-corrected chi connectivity index (χ2v) is 3.68. The molecule has 0 atom stereocenters. The fourth-order valence-electron chi connectivity index (χ4n) is 1.67. The summed E-state index contributed by atoms with van der Waals surface area (Å²) in [6.45, 7) is 4.09. The van der Waals surface area contributed by atoms with Crippen LogP contribution in [0.5, 0.6) is 5.88 Å². The Kier molecular flexibility index (Phi) is 7.47. The van der Waals surface area contributed by atoms with Crippen LogP contribution in [-0.4, -0.2) is 24.2 Å². The van der Waals surface area contributed by atoms with E-state index in [1.807, 2.05) is 25.1 Å². The lowest BCUT2D eigenvalue weighted by atomic mass is 10.1. The summed E-state index contributed by atoms with van der Waals surface area (Å²) in [5.41, 5.74) is 1.01. The first-order valence-corrected chi connectivity index (χ1v) is 5.15. The van der Waals surface area contributed by atoms with Gasteiger partial charge in [0.2, 0.25) is 5.88 Å². The highest BCUT2D eigenvalue weighted by molar-refractivity contribution is 5.85. The number of halogens is 2. The number of pyridine rings is 1. The number of nitrogens with one attached hydrogen (secondary N) is 1. The largest absolute Gasteiger partial charge is 0.474 e. The van der Waals surface area contributed by atoms with E-state index in [0.717, 1.165) is 37.5 Å². The van der Waals surface area contributed by atoms with Crippen molar-refractivity contribution < 1.29 is 4.74 Å². The number of hydrogen-bond acceptors (Lipinski definition) is 3. The normalized spacial score (nSPS) is 15.8. The number of ether oxygens (including phenoxy) is 1. The lowest BCUT2D eigenvalue weighted by Crippen LogP contribution is -2.34. The lowest BCUT2D eigenvalue weighted by Gasteiger charge is -2.23. The molecule has 0 radical (unpaired) electrons. The number of aromatic nitrogens is 1. The van der Waals surface area contributed by atoms with Crippen LogP contribution in [0.25, 0.3) is 0 Å². The second kappa shape index (κ2) is 7.71. The minimum absolute atomic E-state index is 0. The van der Waals surface area contributed by atoms with E-state index in [0.29, 0.717) is 6.10 Å². The van der Waals surface area contributed by atoms with Crippen molar-refractivity contribution in [1.82, 2.24) is 10.3 Å². The fourth-order valence-corrected chi connectivity index (χ4v) is 1.67. The maximum absolute atomic E-state index is 5.78. The molecule has 2 rings (SSSR count). The Hall–Kier alpha value is -0.510. The Morgan fingerprint density at radius 3 is 2.56 bits per heavy atom. The van der Waals surface area contributed by atoms with Crippen LogP contribution in [0.2, 0.25) is 0 Å². The molecule has 0 spiro atoms. The average Bonchev–Trinajstić information content (AvgIpc) is 2.19. The second-order valence-electron chi connectivity index (χ2n) is 3.68. The van der Waals surface area contributed by atoms with E-state index in [1.54, 1.807) is 0 Å². The molecule has 1 aliphatic rings. The van der Waals surface area contributed by atoms with E-state index in [9.17, 15) is 0 Å². The third-order valence-electron chi connectivity index (χ3n) is 2.44. The number of hydrogen-bond donors (Lipinski definition) is 1. The molecule has 0 aliphatic carbocycles. The summed E-state index contributed by atoms with van der Waals surface area (Å²) in [4.78, 5) is 4.32. The molecule has 1 fully saturated rings. The Morgan fingerprint density at radius 1 is 1.25 bits per heavy atom. The standard InChI is InChI=1S/C11H16N2O.2ClH/c1-9-3-2-4-11(13-9)14-10-5-7-12-8-6-10;;/h2-4,10,12H,5-8H2,1H3;2*1H. The number of piperidine rings is 1. The van der Waals surface area contributed by atoms with Crippen molar-refractivity contribution in [2.45, 2.75) is 25.9 Å². The zero-order valence-electron chi connectivity index (χ0n) is 9.31. The molecule has 2 heterocycles. The molecule has 0 amide bonds. The van der Waals surface area contributed by atoms with E-state index >= 15 is 0 Å².